The van der Waals surface area contributed by atoms with Gasteiger partial charge in [-0.25, -0.2) is 0 Å². The van der Waals surface area contributed by atoms with Crippen LogP contribution in [0.15, 0.2) is 21.9 Å². The van der Waals surface area contributed by atoms with Crippen LogP contribution in [0.25, 0.3) is 11.4 Å². The fourth-order valence-corrected chi connectivity index (χ4v) is 2.41. The van der Waals surface area contributed by atoms with E-state index in [-0.39, 0.29) is 5.75 Å². The molecule has 0 unspecified atom stereocenters. The van der Waals surface area contributed by atoms with Crippen LogP contribution in [0.2, 0.25) is 0 Å². The van der Waals surface area contributed by atoms with Crippen LogP contribution in [0, 0.1) is 6.92 Å². The third kappa shape index (κ3) is 4.03. The third-order valence-electron chi connectivity index (χ3n) is 2.75. The maximum atomic E-state index is 12.0. The lowest BCUT2D eigenvalue weighted by Gasteiger charge is -2.08. The number of rotatable bonds is 5. The minimum absolute atomic E-state index is 0.174. The summed E-state index contributed by atoms with van der Waals surface area (Å²) in [6.07, 6.45) is -2.90. The fourth-order valence-electron chi connectivity index (χ4n) is 1.67. The Bertz CT molecular complexity index is 666. The first-order chi connectivity index (χ1) is 10.3. The van der Waals surface area contributed by atoms with Gasteiger partial charge in [-0.05, 0) is 13.0 Å². The number of amides is 1. The van der Waals surface area contributed by atoms with E-state index in [1.165, 1.54) is 6.26 Å². The minimum Gasteiger partial charge on any atom is -0.469 e. The highest BCUT2D eigenvalue weighted by molar-refractivity contribution is 7.99. The van der Waals surface area contributed by atoms with Gasteiger partial charge in [-0.15, -0.1) is 10.2 Å². The predicted molar refractivity (Wildman–Crippen MR) is 73.2 cm³/mol. The van der Waals surface area contributed by atoms with Crippen LogP contribution in [0.5, 0.6) is 0 Å². The number of carbonyl (C=O) groups is 1. The molecule has 0 spiro atoms. The zero-order valence-corrected chi connectivity index (χ0v) is 12.6. The van der Waals surface area contributed by atoms with Gasteiger partial charge in [0.1, 0.15) is 12.3 Å². The van der Waals surface area contributed by atoms with E-state index in [4.69, 9.17) is 4.42 Å². The number of carbonyl (C=O) groups excluding carboxylic acids is 1. The average molecular weight is 334 g/mol. The predicted octanol–water partition coefficient (Wildman–Crippen LogP) is 2.15. The standard InChI is InChI=1S/C12H13F3N4O2S/c1-7-8(3-4-21-7)10-17-18-11(19(10)2)22-5-9(20)16-6-12(13,14)15/h3-4H,5-6H2,1-2H3,(H,16,20). The highest BCUT2D eigenvalue weighted by atomic mass is 32.2. The summed E-state index contributed by atoms with van der Waals surface area (Å²) < 4.78 is 42.8. The summed E-state index contributed by atoms with van der Waals surface area (Å²) in [5.41, 5.74) is 0.767. The van der Waals surface area contributed by atoms with Crippen molar-refractivity contribution >= 4 is 17.7 Å². The first-order valence-electron chi connectivity index (χ1n) is 6.18. The Hall–Kier alpha value is -1.97. The van der Waals surface area contributed by atoms with Gasteiger partial charge in [0.2, 0.25) is 5.91 Å². The molecule has 0 aliphatic heterocycles. The molecule has 0 aliphatic carbocycles. The smallest absolute Gasteiger partial charge is 0.405 e. The molecule has 2 aromatic rings. The van der Waals surface area contributed by atoms with Gasteiger partial charge in [0.15, 0.2) is 11.0 Å². The average Bonchev–Trinajstić information content (AvgIpc) is 2.99. The van der Waals surface area contributed by atoms with Crippen molar-refractivity contribution < 1.29 is 22.4 Å². The topological polar surface area (TPSA) is 72.9 Å². The molecule has 2 aromatic heterocycles. The van der Waals surface area contributed by atoms with Crippen LogP contribution in [-0.2, 0) is 11.8 Å². The molecule has 0 atom stereocenters. The highest BCUT2D eigenvalue weighted by Gasteiger charge is 2.27. The lowest BCUT2D eigenvalue weighted by atomic mass is 10.2. The van der Waals surface area contributed by atoms with E-state index < -0.39 is 18.6 Å². The SMILES string of the molecule is Cc1occc1-c1nnc(SCC(=O)NCC(F)(F)F)n1C. The van der Waals surface area contributed by atoms with Gasteiger partial charge < -0.3 is 14.3 Å². The van der Waals surface area contributed by atoms with E-state index >= 15 is 0 Å². The summed E-state index contributed by atoms with van der Waals surface area (Å²) in [4.78, 5) is 11.4. The van der Waals surface area contributed by atoms with Crippen LogP contribution < -0.4 is 5.32 Å². The maximum Gasteiger partial charge on any atom is 0.405 e. The molecule has 0 aromatic carbocycles. The number of furan rings is 1. The summed E-state index contributed by atoms with van der Waals surface area (Å²) in [5, 5.41) is 10.2. The monoisotopic (exact) mass is 334 g/mol. The van der Waals surface area contributed by atoms with Crippen LogP contribution in [-0.4, -0.2) is 39.1 Å². The van der Waals surface area contributed by atoms with Crippen molar-refractivity contribution in [3.63, 3.8) is 0 Å². The summed E-state index contributed by atoms with van der Waals surface area (Å²) in [7, 11) is 1.71. The minimum atomic E-state index is -4.42. The van der Waals surface area contributed by atoms with Crippen molar-refractivity contribution in [2.45, 2.75) is 18.3 Å². The molecule has 6 nitrogen and oxygen atoms in total. The Labute approximate surface area is 128 Å². The number of nitrogens with zero attached hydrogens (tertiary/aromatic N) is 3. The molecule has 0 aliphatic rings. The molecular weight excluding hydrogens is 321 g/mol. The summed E-state index contributed by atoms with van der Waals surface area (Å²) in [6.45, 7) is 0.437. The number of nitrogens with one attached hydrogen (secondary N) is 1. The van der Waals surface area contributed by atoms with E-state index in [2.05, 4.69) is 10.2 Å². The zero-order valence-electron chi connectivity index (χ0n) is 11.8. The molecule has 0 saturated carbocycles. The van der Waals surface area contributed by atoms with Crippen LogP contribution >= 0.6 is 11.8 Å². The van der Waals surface area contributed by atoms with Gasteiger partial charge in [0.05, 0.1) is 17.6 Å². The Morgan fingerprint density at radius 2 is 2.18 bits per heavy atom. The molecule has 2 heterocycles. The van der Waals surface area contributed by atoms with Crippen molar-refractivity contribution in [3.8, 4) is 11.4 Å². The van der Waals surface area contributed by atoms with E-state index in [0.717, 1.165) is 17.3 Å². The zero-order chi connectivity index (χ0) is 16.3. The Kier molecular flexibility index (Phi) is 4.79. The van der Waals surface area contributed by atoms with Crippen molar-refractivity contribution in [3.05, 3.63) is 18.1 Å². The number of thioether (sulfide) groups is 1. The van der Waals surface area contributed by atoms with Gasteiger partial charge in [-0.3, -0.25) is 4.79 Å². The van der Waals surface area contributed by atoms with Crippen molar-refractivity contribution in [1.29, 1.82) is 0 Å². The molecule has 0 fully saturated rings. The third-order valence-corrected chi connectivity index (χ3v) is 3.77. The molecule has 1 N–H and O–H groups in total. The molecule has 10 heteroatoms. The molecule has 1 amide bonds. The number of aryl methyl sites for hydroxylation is 1. The van der Waals surface area contributed by atoms with Gasteiger partial charge in [-0.2, -0.15) is 13.2 Å². The molecule has 0 bridgehead atoms. The Balaban J connectivity index is 1.96. The molecule has 0 radical (unpaired) electrons. The number of aromatic nitrogens is 3. The molecular formula is C12H13F3N4O2S. The van der Waals surface area contributed by atoms with Crippen LogP contribution in [0.4, 0.5) is 13.2 Å². The quantitative estimate of drug-likeness (QED) is 0.848. The lowest BCUT2D eigenvalue weighted by Crippen LogP contribution is -2.34. The fraction of sp³-hybridized carbons (Fsp3) is 0.417. The maximum absolute atomic E-state index is 12.0. The second kappa shape index (κ2) is 6.42. The van der Waals surface area contributed by atoms with Crippen molar-refractivity contribution in [1.82, 2.24) is 20.1 Å². The molecule has 2 rings (SSSR count). The largest absolute Gasteiger partial charge is 0.469 e. The van der Waals surface area contributed by atoms with E-state index in [9.17, 15) is 18.0 Å². The van der Waals surface area contributed by atoms with Crippen LogP contribution in [0.1, 0.15) is 5.76 Å². The summed E-state index contributed by atoms with van der Waals surface area (Å²) >= 11 is 1.01. The summed E-state index contributed by atoms with van der Waals surface area (Å²) in [5.74, 6) is 0.345. The van der Waals surface area contributed by atoms with Crippen molar-refractivity contribution in [2.75, 3.05) is 12.3 Å². The second-order valence-electron chi connectivity index (χ2n) is 4.44. The van der Waals surface area contributed by atoms with Crippen molar-refractivity contribution in [2.24, 2.45) is 7.05 Å². The Morgan fingerprint density at radius 3 is 2.77 bits per heavy atom. The molecule has 120 valence electrons. The highest BCUT2D eigenvalue weighted by Crippen LogP contribution is 2.25. The first-order valence-corrected chi connectivity index (χ1v) is 7.16. The molecule has 0 saturated heterocycles. The van der Waals surface area contributed by atoms with Gasteiger partial charge in [0.25, 0.3) is 0 Å². The van der Waals surface area contributed by atoms with Gasteiger partial charge >= 0.3 is 6.18 Å². The number of hydrogen-bond donors (Lipinski definition) is 1. The van der Waals surface area contributed by atoms with E-state index in [0.29, 0.717) is 16.7 Å². The number of halogens is 3. The van der Waals surface area contributed by atoms with Gasteiger partial charge in [-0.1, -0.05) is 11.8 Å². The van der Waals surface area contributed by atoms with Gasteiger partial charge in [0, 0.05) is 7.05 Å². The number of alkyl halides is 3. The van der Waals surface area contributed by atoms with E-state index in [1.54, 1.807) is 29.9 Å². The molecule has 22 heavy (non-hydrogen) atoms. The van der Waals surface area contributed by atoms with E-state index in [1.807, 2.05) is 0 Å². The lowest BCUT2D eigenvalue weighted by molar-refractivity contribution is -0.136. The summed E-state index contributed by atoms with van der Waals surface area (Å²) in [6, 6.07) is 1.74. The normalized spacial score (nSPS) is 11.7. The van der Waals surface area contributed by atoms with Crippen LogP contribution in [0.3, 0.4) is 0 Å². The first kappa shape index (κ1) is 16.4. The number of hydrogen-bond acceptors (Lipinski definition) is 5. The second-order valence-corrected chi connectivity index (χ2v) is 5.38. The Morgan fingerprint density at radius 1 is 1.45 bits per heavy atom.